The molecule has 2 aliphatic rings. The maximum Gasteiger partial charge on any atom is 0.226 e. The van der Waals surface area contributed by atoms with Crippen LogP contribution in [0.15, 0.2) is 24.5 Å². The third kappa shape index (κ3) is 2.87. The van der Waals surface area contributed by atoms with Crippen LogP contribution in [0, 0.1) is 11.3 Å². The van der Waals surface area contributed by atoms with Crippen LogP contribution >= 0.6 is 0 Å². The van der Waals surface area contributed by atoms with Crippen LogP contribution in [0.4, 0.5) is 11.8 Å². The van der Waals surface area contributed by atoms with Gasteiger partial charge in [0.1, 0.15) is 23.4 Å². The molecule has 1 aliphatic carbocycles. The fraction of sp³-hybridized carbons (Fsp3) is 0.471. The van der Waals surface area contributed by atoms with E-state index >= 15 is 0 Å². The van der Waals surface area contributed by atoms with Gasteiger partial charge in [0, 0.05) is 44.5 Å². The van der Waals surface area contributed by atoms with Crippen LogP contribution in [-0.4, -0.2) is 46.1 Å². The molecule has 4 rings (SSSR count). The number of nitrogens with zero attached hydrogens (tertiary/aromatic N) is 7. The molecule has 3 heterocycles. The average Bonchev–Trinajstić information content (AvgIpc) is 3.38. The molecule has 1 unspecified atom stereocenters. The summed E-state index contributed by atoms with van der Waals surface area (Å²) in [6.07, 6.45) is 6.93. The zero-order valence-electron chi connectivity index (χ0n) is 13.6. The van der Waals surface area contributed by atoms with Gasteiger partial charge < -0.3 is 9.80 Å². The van der Waals surface area contributed by atoms with E-state index in [9.17, 15) is 0 Å². The van der Waals surface area contributed by atoms with Crippen molar-refractivity contribution in [3.63, 3.8) is 0 Å². The fourth-order valence-corrected chi connectivity index (χ4v) is 3.09. The third-order valence-corrected chi connectivity index (χ3v) is 4.71. The summed E-state index contributed by atoms with van der Waals surface area (Å²) >= 11 is 0. The number of aromatic nitrogens is 4. The van der Waals surface area contributed by atoms with Crippen LogP contribution in [0.25, 0.3) is 0 Å². The molecule has 2 aromatic heterocycles. The van der Waals surface area contributed by atoms with Crippen LogP contribution in [-0.2, 0) is 0 Å². The molecule has 0 spiro atoms. The Kier molecular flexibility index (Phi) is 3.73. The zero-order chi connectivity index (χ0) is 16.5. The second kappa shape index (κ2) is 6.04. The van der Waals surface area contributed by atoms with Crippen molar-refractivity contribution in [2.45, 2.75) is 31.2 Å². The summed E-state index contributed by atoms with van der Waals surface area (Å²) in [5.74, 6) is 3.14. The lowest BCUT2D eigenvalue weighted by molar-refractivity contribution is 0.679. The molecule has 0 aromatic carbocycles. The first-order valence-electron chi connectivity index (χ1n) is 8.28. The molecule has 0 radical (unpaired) electrons. The minimum Gasteiger partial charge on any atom is -0.355 e. The van der Waals surface area contributed by atoms with E-state index in [1.54, 1.807) is 12.3 Å². The maximum atomic E-state index is 8.99. The SMILES string of the molecule is CN(c1ccnc(C2CC2)n1)C1CCN(c2nccc(C#N)n2)C1. The Morgan fingerprint density at radius 3 is 2.79 bits per heavy atom. The second-order valence-corrected chi connectivity index (χ2v) is 6.40. The number of hydrogen-bond acceptors (Lipinski definition) is 7. The van der Waals surface area contributed by atoms with Gasteiger partial charge in [-0.2, -0.15) is 5.26 Å². The summed E-state index contributed by atoms with van der Waals surface area (Å²) in [5.41, 5.74) is 0.404. The summed E-state index contributed by atoms with van der Waals surface area (Å²) < 4.78 is 0. The Morgan fingerprint density at radius 1 is 1.17 bits per heavy atom. The van der Waals surface area contributed by atoms with Crippen molar-refractivity contribution < 1.29 is 0 Å². The Labute approximate surface area is 141 Å². The lowest BCUT2D eigenvalue weighted by Gasteiger charge is -2.26. The predicted molar refractivity (Wildman–Crippen MR) is 89.8 cm³/mol. The Bertz CT molecular complexity index is 781. The average molecular weight is 321 g/mol. The number of rotatable bonds is 4. The van der Waals surface area contributed by atoms with Gasteiger partial charge in [0.05, 0.1) is 0 Å². The first-order chi connectivity index (χ1) is 11.7. The Balaban J connectivity index is 1.47. The standard InChI is InChI=1S/C17H19N7/c1-23(15-5-8-19-16(22-15)12-2-3-12)14-6-9-24(11-14)17-20-7-4-13(10-18)21-17/h4-5,7-8,12,14H,2-3,6,9,11H2,1H3. The van der Waals surface area contributed by atoms with Crippen molar-refractivity contribution in [1.29, 1.82) is 5.26 Å². The molecule has 7 nitrogen and oxygen atoms in total. The molecule has 122 valence electrons. The lowest BCUT2D eigenvalue weighted by atomic mass is 10.2. The quantitative estimate of drug-likeness (QED) is 0.848. The molecule has 1 saturated carbocycles. The first kappa shape index (κ1) is 14.8. The highest BCUT2D eigenvalue weighted by molar-refractivity contribution is 5.42. The molecule has 0 N–H and O–H groups in total. The highest BCUT2D eigenvalue weighted by atomic mass is 15.3. The molecule has 24 heavy (non-hydrogen) atoms. The van der Waals surface area contributed by atoms with Crippen LogP contribution < -0.4 is 9.80 Å². The van der Waals surface area contributed by atoms with Crippen LogP contribution in [0.1, 0.15) is 36.7 Å². The Hall–Kier alpha value is -2.75. The van der Waals surface area contributed by atoms with Gasteiger partial charge in [0.15, 0.2) is 0 Å². The van der Waals surface area contributed by atoms with Crippen molar-refractivity contribution in [2.24, 2.45) is 0 Å². The molecule has 0 amide bonds. The number of likely N-dealkylation sites (N-methyl/N-ethyl adjacent to an activating group) is 1. The monoisotopic (exact) mass is 321 g/mol. The van der Waals surface area contributed by atoms with Crippen molar-refractivity contribution in [3.8, 4) is 6.07 Å². The molecule has 2 fully saturated rings. The van der Waals surface area contributed by atoms with Gasteiger partial charge in [-0.3, -0.25) is 0 Å². The molecule has 0 bridgehead atoms. The van der Waals surface area contributed by atoms with Gasteiger partial charge in [-0.25, -0.2) is 19.9 Å². The topological polar surface area (TPSA) is 81.8 Å². The van der Waals surface area contributed by atoms with Gasteiger partial charge >= 0.3 is 0 Å². The minimum absolute atomic E-state index is 0.348. The largest absolute Gasteiger partial charge is 0.355 e. The molecular formula is C17H19N7. The number of hydrogen-bond donors (Lipinski definition) is 0. The predicted octanol–water partition coefficient (Wildman–Crippen LogP) is 1.73. The molecule has 1 saturated heterocycles. The lowest BCUT2D eigenvalue weighted by Crippen LogP contribution is -2.35. The summed E-state index contributed by atoms with van der Waals surface area (Å²) in [7, 11) is 2.08. The van der Waals surface area contributed by atoms with Crippen molar-refractivity contribution in [2.75, 3.05) is 29.9 Å². The van der Waals surface area contributed by atoms with Crippen LogP contribution in [0.5, 0.6) is 0 Å². The maximum absolute atomic E-state index is 8.99. The van der Waals surface area contributed by atoms with E-state index in [1.807, 2.05) is 12.3 Å². The molecule has 1 aliphatic heterocycles. The highest BCUT2D eigenvalue weighted by Crippen LogP contribution is 2.38. The normalized spacial score (nSPS) is 20.0. The van der Waals surface area contributed by atoms with E-state index in [0.717, 1.165) is 31.2 Å². The molecule has 2 aromatic rings. The number of anilines is 2. The van der Waals surface area contributed by atoms with E-state index in [1.165, 1.54) is 12.8 Å². The summed E-state index contributed by atoms with van der Waals surface area (Å²) in [6, 6.07) is 6.02. The second-order valence-electron chi connectivity index (χ2n) is 6.40. The van der Waals surface area contributed by atoms with E-state index in [4.69, 9.17) is 10.2 Å². The molecular weight excluding hydrogens is 302 g/mol. The van der Waals surface area contributed by atoms with Crippen LogP contribution in [0.2, 0.25) is 0 Å². The van der Waals surface area contributed by atoms with Gasteiger partial charge in [0.25, 0.3) is 0 Å². The smallest absolute Gasteiger partial charge is 0.226 e. The summed E-state index contributed by atoms with van der Waals surface area (Å²) in [4.78, 5) is 22.1. The first-order valence-corrected chi connectivity index (χ1v) is 8.28. The highest BCUT2D eigenvalue weighted by Gasteiger charge is 2.30. The van der Waals surface area contributed by atoms with Gasteiger partial charge in [-0.05, 0) is 31.4 Å². The van der Waals surface area contributed by atoms with E-state index < -0.39 is 0 Å². The van der Waals surface area contributed by atoms with Crippen LogP contribution in [0.3, 0.4) is 0 Å². The van der Waals surface area contributed by atoms with E-state index in [2.05, 4.69) is 37.9 Å². The van der Waals surface area contributed by atoms with Gasteiger partial charge in [-0.15, -0.1) is 0 Å². The summed E-state index contributed by atoms with van der Waals surface area (Å²) in [6.45, 7) is 1.71. The van der Waals surface area contributed by atoms with Crippen molar-refractivity contribution >= 4 is 11.8 Å². The third-order valence-electron chi connectivity index (χ3n) is 4.71. The van der Waals surface area contributed by atoms with E-state index in [0.29, 0.717) is 23.6 Å². The fourth-order valence-electron chi connectivity index (χ4n) is 3.09. The molecule has 1 atom stereocenters. The van der Waals surface area contributed by atoms with Crippen molar-refractivity contribution in [1.82, 2.24) is 19.9 Å². The molecule has 7 heteroatoms. The van der Waals surface area contributed by atoms with E-state index in [-0.39, 0.29) is 0 Å². The van der Waals surface area contributed by atoms with Gasteiger partial charge in [0.2, 0.25) is 5.95 Å². The summed E-state index contributed by atoms with van der Waals surface area (Å²) in [5, 5.41) is 8.99. The minimum atomic E-state index is 0.348. The number of nitriles is 1. The van der Waals surface area contributed by atoms with Crippen molar-refractivity contribution in [3.05, 3.63) is 36.0 Å². The zero-order valence-corrected chi connectivity index (χ0v) is 13.6. The Morgan fingerprint density at radius 2 is 2.00 bits per heavy atom. The van der Waals surface area contributed by atoms with Gasteiger partial charge in [-0.1, -0.05) is 0 Å².